The molecule has 0 spiro atoms. The van der Waals surface area contributed by atoms with Gasteiger partial charge in [-0.3, -0.25) is 9.69 Å². The summed E-state index contributed by atoms with van der Waals surface area (Å²) in [7, 11) is 0. The highest BCUT2D eigenvalue weighted by molar-refractivity contribution is 6.30. The molecular weight excluding hydrogens is 360 g/mol. The summed E-state index contributed by atoms with van der Waals surface area (Å²) in [6.45, 7) is 4.80. The van der Waals surface area contributed by atoms with E-state index in [9.17, 15) is 4.79 Å². The Morgan fingerprint density at radius 3 is 2.67 bits per heavy atom. The molecule has 0 aliphatic carbocycles. The second kappa shape index (κ2) is 7.71. The van der Waals surface area contributed by atoms with Gasteiger partial charge in [0.1, 0.15) is 0 Å². The summed E-state index contributed by atoms with van der Waals surface area (Å²) in [6, 6.07) is 14.1. The number of fused-ring (bicyclic) bond motifs is 1. The molecule has 3 aromatic rings. The number of benzene rings is 1. The normalized spacial score (nSPS) is 15.9. The molecule has 1 fully saturated rings. The van der Waals surface area contributed by atoms with E-state index in [0.29, 0.717) is 17.3 Å². The first-order valence-corrected chi connectivity index (χ1v) is 9.72. The maximum Gasteiger partial charge on any atom is 0.271 e. The second-order valence-corrected chi connectivity index (χ2v) is 7.56. The summed E-state index contributed by atoms with van der Waals surface area (Å²) in [4.78, 5) is 15.1. The van der Waals surface area contributed by atoms with Gasteiger partial charge in [0.15, 0.2) is 5.69 Å². The topological polar surface area (TPSA) is 49.6 Å². The minimum absolute atomic E-state index is 0.161. The maximum atomic E-state index is 12.7. The van der Waals surface area contributed by atoms with Crippen LogP contribution in [0, 0.1) is 6.92 Å². The molecule has 27 heavy (non-hydrogen) atoms. The lowest BCUT2D eigenvalue weighted by Crippen LogP contribution is -2.37. The summed E-state index contributed by atoms with van der Waals surface area (Å²) in [5.41, 5.74) is 3.69. The molecule has 1 aliphatic heterocycles. The fourth-order valence-electron chi connectivity index (χ4n) is 3.66. The van der Waals surface area contributed by atoms with Gasteiger partial charge in [0, 0.05) is 17.8 Å². The van der Waals surface area contributed by atoms with Gasteiger partial charge in [-0.05, 0) is 56.6 Å². The number of halogens is 1. The van der Waals surface area contributed by atoms with Crippen LogP contribution in [-0.2, 0) is 0 Å². The fraction of sp³-hybridized carbons (Fsp3) is 0.333. The van der Waals surface area contributed by atoms with Crippen LogP contribution in [0.25, 0.3) is 5.52 Å². The predicted molar refractivity (Wildman–Crippen MR) is 107 cm³/mol. The number of pyridine rings is 1. The van der Waals surface area contributed by atoms with Crippen molar-refractivity contribution in [1.29, 1.82) is 0 Å². The Hall–Kier alpha value is -2.37. The van der Waals surface area contributed by atoms with E-state index in [4.69, 9.17) is 11.6 Å². The zero-order chi connectivity index (χ0) is 18.8. The third-order valence-corrected chi connectivity index (χ3v) is 5.39. The number of rotatable bonds is 5. The lowest BCUT2D eigenvalue weighted by molar-refractivity contribution is 0.0932. The van der Waals surface area contributed by atoms with Crippen molar-refractivity contribution >= 4 is 23.0 Å². The van der Waals surface area contributed by atoms with E-state index >= 15 is 0 Å². The Kier molecular flexibility index (Phi) is 5.14. The third-order valence-electron chi connectivity index (χ3n) is 5.16. The van der Waals surface area contributed by atoms with Crippen molar-refractivity contribution in [2.24, 2.45) is 0 Å². The highest BCUT2D eigenvalue weighted by Gasteiger charge is 2.24. The highest BCUT2D eigenvalue weighted by Crippen LogP contribution is 2.25. The van der Waals surface area contributed by atoms with Crippen LogP contribution in [0.4, 0.5) is 0 Å². The van der Waals surface area contributed by atoms with E-state index in [1.54, 1.807) is 28.9 Å². The van der Waals surface area contributed by atoms with Crippen LogP contribution >= 0.6 is 11.6 Å². The lowest BCUT2D eigenvalue weighted by Gasteiger charge is -2.28. The molecule has 0 unspecified atom stereocenters. The van der Waals surface area contributed by atoms with Gasteiger partial charge in [-0.2, -0.15) is 5.10 Å². The van der Waals surface area contributed by atoms with Crippen molar-refractivity contribution in [3.63, 3.8) is 0 Å². The average molecular weight is 383 g/mol. The van der Waals surface area contributed by atoms with Crippen LogP contribution in [-0.4, -0.2) is 40.1 Å². The van der Waals surface area contributed by atoms with Crippen LogP contribution in [0.2, 0.25) is 5.02 Å². The SMILES string of the molecule is Cc1ccc([C@@H](CNC(=O)c2cc3cc(Cl)ccn3n2)N2CCCC2)cc1. The Morgan fingerprint density at radius 1 is 1.19 bits per heavy atom. The van der Waals surface area contributed by atoms with Gasteiger partial charge in [0.25, 0.3) is 5.91 Å². The molecular formula is C21H23ClN4O. The van der Waals surface area contributed by atoms with E-state index in [1.807, 2.05) is 0 Å². The number of hydrogen-bond acceptors (Lipinski definition) is 3. The average Bonchev–Trinajstić information content (AvgIpc) is 3.32. The minimum atomic E-state index is -0.161. The van der Waals surface area contributed by atoms with E-state index in [0.717, 1.165) is 18.6 Å². The summed E-state index contributed by atoms with van der Waals surface area (Å²) >= 11 is 6.01. The molecule has 1 aromatic carbocycles. The molecule has 2 aromatic heterocycles. The Bertz CT molecular complexity index is 944. The smallest absolute Gasteiger partial charge is 0.271 e. The molecule has 1 saturated heterocycles. The molecule has 1 amide bonds. The van der Waals surface area contributed by atoms with Crippen molar-refractivity contribution in [3.05, 3.63) is 70.5 Å². The Morgan fingerprint density at radius 2 is 1.93 bits per heavy atom. The predicted octanol–water partition coefficient (Wildman–Crippen LogP) is 3.86. The van der Waals surface area contributed by atoms with Crippen LogP contribution in [0.3, 0.4) is 0 Å². The Labute approximate surface area is 163 Å². The van der Waals surface area contributed by atoms with Crippen molar-refractivity contribution in [2.75, 3.05) is 19.6 Å². The molecule has 5 nitrogen and oxygen atoms in total. The Balaban J connectivity index is 1.50. The minimum Gasteiger partial charge on any atom is -0.349 e. The number of amides is 1. The number of carbonyl (C=O) groups is 1. The number of nitrogens with zero attached hydrogens (tertiary/aromatic N) is 3. The fourth-order valence-corrected chi connectivity index (χ4v) is 3.83. The molecule has 1 N–H and O–H groups in total. The standard InChI is InChI=1S/C21H23ClN4O/c1-15-4-6-16(7-5-15)20(25-9-2-3-10-25)14-23-21(27)19-13-18-12-17(22)8-11-26(18)24-19/h4-8,11-13,20H,2-3,9-10,14H2,1H3,(H,23,27)/t20-/m1/s1. The van der Waals surface area contributed by atoms with Gasteiger partial charge >= 0.3 is 0 Å². The van der Waals surface area contributed by atoms with Gasteiger partial charge in [0.2, 0.25) is 0 Å². The number of aromatic nitrogens is 2. The summed E-state index contributed by atoms with van der Waals surface area (Å²) < 4.78 is 1.67. The van der Waals surface area contributed by atoms with Crippen LogP contribution in [0.1, 0.15) is 40.5 Å². The van der Waals surface area contributed by atoms with Gasteiger partial charge in [0.05, 0.1) is 11.6 Å². The van der Waals surface area contributed by atoms with Crippen molar-refractivity contribution in [1.82, 2.24) is 19.8 Å². The first-order chi connectivity index (χ1) is 13.1. The van der Waals surface area contributed by atoms with E-state index in [1.165, 1.54) is 24.0 Å². The largest absolute Gasteiger partial charge is 0.349 e. The molecule has 6 heteroatoms. The van der Waals surface area contributed by atoms with Gasteiger partial charge in [-0.1, -0.05) is 41.4 Å². The first-order valence-electron chi connectivity index (χ1n) is 9.34. The van der Waals surface area contributed by atoms with E-state index in [2.05, 4.69) is 46.5 Å². The summed E-state index contributed by atoms with van der Waals surface area (Å²) in [5, 5.41) is 8.05. The zero-order valence-electron chi connectivity index (χ0n) is 15.4. The highest BCUT2D eigenvalue weighted by atomic mass is 35.5. The summed E-state index contributed by atoms with van der Waals surface area (Å²) in [6.07, 6.45) is 4.18. The van der Waals surface area contributed by atoms with Gasteiger partial charge in [-0.15, -0.1) is 0 Å². The van der Waals surface area contributed by atoms with Gasteiger partial charge in [-0.25, -0.2) is 4.52 Å². The van der Waals surface area contributed by atoms with E-state index in [-0.39, 0.29) is 11.9 Å². The molecule has 0 saturated carbocycles. The van der Waals surface area contributed by atoms with E-state index < -0.39 is 0 Å². The lowest BCUT2D eigenvalue weighted by atomic mass is 10.0. The monoisotopic (exact) mass is 382 g/mol. The number of aryl methyl sites for hydroxylation is 1. The van der Waals surface area contributed by atoms with Gasteiger partial charge < -0.3 is 5.32 Å². The molecule has 1 aliphatic rings. The quantitative estimate of drug-likeness (QED) is 0.728. The first kappa shape index (κ1) is 18.0. The van der Waals surface area contributed by atoms with Crippen molar-refractivity contribution < 1.29 is 4.79 Å². The molecule has 4 rings (SSSR count). The van der Waals surface area contributed by atoms with Crippen molar-refractivity contribution in [2.45, 2.75) is 25.8 Å². The van der Waals surface area contributed by atoms with Crippen LogP contribution in [0.15, 0.2) is 48.7 Å². The molecule has 140 valence electrons. The molecule has 3 heterocycles. The third kappa shape index (κ3) is 3.99. The van der Waals surface area contributed by atoms with Crippen LogP contribution < -0.4 is 5.32 Å². The maximum absolute atomic E-state index is 12.7. The van der Waals surface area contributed by atoms with Crippen molar-refractivity contribution in [3.8, 4) is 0 Å². The molecule has 0 radical (unpaired) electrons. The summed E-state index contributed by atoms with van der Waals surface area (Å²) in [5.74, 6) is -0.161. The number of carbonyl (C=O) groups excluding carboxylic acids is 1. The second-order valence-electron chi connectivity index (χ2n) is 7.12. The zero-order valence-corrected chi connectivity index (χ0v) is 16.1. The number of hydrogen-bond donors (Lipinski definition) is 1. The number of likely N-dealkylation sites (tertiary alicyclic amines) is 1. The van der Waals surface area contributed by atoms with Crippen LogP contribution in [0.5, 0.6) is 0 Å². The molecule has 0 bridgehead atoms. The molecule has 1 atom stereocenters. The number of nitrogens with one attached hydrogen (secondary N) is 1.